The number of hydrogen-bond acceptors (Lipinski definition) is 4. The topological polar surface area (TPSA) is 102 Å². The first-order valence-electron chi connectivity index (χ1n) is 5.43. The first-order valence-corrected chi connectivity index (χ1v) is 5.43. The Kier molecular flexibility index (Phi) is 5.15. The molecule has 17 heavy (non-hydrogen) atoms. The minimum atomic E-state index is -0.474. The second-order valence-electron chi connectivity index (χ2n) is 3.54. The highest BCUT2D eigenvalue weighted by Gasteiger charge is 2.05. The fourth-order valence-electron chi connectivity index (χ4n) is 1.28. The molecule has 0 saturated carbocycles. The monoisotopic (exact) mass is 239 g/mol. The molecule has 0 fully saturated rings. The van der Waals surface area contributed by atoms with Crippen molar-refractivity contribution >= 4 is 17.5 Å². The molecule has 7 heteroatoms. The Bertz CT molecular complexity index is 388. The van der Waals surface area contributed by atoms with E-state index in [0.29, 0.717) is 18.7 Å². The Balaban J connectivity index is 2.38. The molecule has 0 aliphatic carbocycles. The summed E-state index contributed by atoms with van der Waals surface area (Å²) in [5, 5.41) is 9.62. The summed E-state index contributed by atoms with van der Waals surface area (Å²) in [4.78, 5) is 22.1. The number of nitrogens with two attached hydrogens (primary N) is 1. The highest BCUT2D eigenvalue weighted by Crippen LogP contribution is 2.04. The second-order valence-corrected chi connectivity index (χ2v) is 3.54. The van der Waals surface area contributed by atoms with E-state index in [2.05, 4.69) is 15.7 Å². The van der Waals surface area contributed by atoms with Gasteiger partial charge in [-0.05, 0) is 6.54 Å². The van der Waals surface area contributed by atoms with Gasteiger partial charge in [0.05, 0.1) is 11.9 Å². The molecule has 0 bridgehead atoms. The van der Waals surface area contributed by atoms with Crippen LogP contribution in [0.3, 0.4) is 0 Å². The number of nitrogens with zero attached hydrogens (tertiary/aromatic N) is 2. The van der Waals surface area contributed by atoms with E-state index in [1.807, 2.05) is 6.92 Å². The smallest absolute Gasteiger partial charge is 0.239 e. The van der Waals surface area contributed by atoms with Crippen LogP contribution in [0.4, 0.5) is 5.69 Å². The molecule has 2 amide bonds. The lowest BCUT2D eigenvalue weighted by molar-refractivity contribution is -0.118. The molecule has 0 saturated heterocycles. The molecule has 1 heterocycles. The van der Waals surface area contributed by atoms with E-state index in [4.69, 9.17) is 5.73 Å². The first-order chi connectivity index (χ1) is 8.11. The van der Waals surface area contributed by atoms with Gasteiger partial charge in [-0.2, -0.15) is 5.10 Å². The van der Waals surface area contributed by atoms with Gasteiger partial charge in [0.1, 0.15) is 6.54 Å². The third kappa shape index (κ3) is 5.12. The normalized spacial score (nSPS) is 10.2. The minimum absolute atomic E-state index is 0.00720. The second kappa shape index (κ2) is 6.64. The van der Waals surface area contributed by atoms with Crippen molar-refractivity contribution < 1.29 is 9.59 Å². The highest BCUT2D eigenvalue weighted by atomic mass is 16.2. The summed E-state index contributed by atoms with van der Waals surface area (Å²) in [6.07, 6.45) is 3.44. The third-order valence-corrected chi connectivity index (χ3v) is 2.01. The number of hydrogen-bond donors (Lipinski definition) is 3. The fourth-order valence-corrected chi connectivity index (χ4v) is 1.28. The minimum Gasteiger partial charge on any atom is -0.368 e. The lowest BCUT2D eigenvalue weighted by Crippen LogP contribution is -2.21. The molecule has 1 rings (SSSR count). The molecular weight excluding hydrogens is 222 g/mol. The van der Waals surface area contributed by atoms with Crippen LogP contribution in [-0.2, 0) is 16.1 Å². The maximum Gasteiger partial charge on any atom is 0.239 e. The molecule has 1 aromatic rings. The first kappa shape index (κ1) is 13.2. The van der Waals surface area contributed by atoms with Crippen molar-refractivity contribution in [2.75, 3.05) is 18.4 Å². The maximum atomic E-state index is 11.4. The summed E-state index contributed by atoms with van der Waals surface area (Å²) >= 11 is 0. The number of carbonyl (C=O) groups excluding carboxylic acids is 2. The van der Waals surface area contributed by atoms with Gasteiger partial charge < -0.3 is 16.4 Å². The third-order valence-electron chi connectivity index (χ3n) is 2.01. The van der Waals surface area contributed by atoms with Gasteiger partial charge in [-0.1, -0.05) is 6.92 Å². The highest BCUT2D eigenvalue weighted by molar-refractivity contribution is 5.90. The lowest BCUT2D eigenvalue weighted by atomic mass is 10.4. The zero-order chi connectivity index (χ0) is 12.7. The van der Waals surface area contributed by atoms with Crippen molar-refractivity contribution in [3.8, 4) is 0 Å². The predicted molar refractivity (Wildman–Crippen MR) is 63.2 cm³/mol. The molecule has 0 spiro atoms. The zero-order valence-electron chi connectivity index (χ0n) is 9.77. The van der Waals surface area contributed by atoms with E-state index in [1.54, 1.807) is 6.20 Å². The van der Waals surface area contributed by atoms with Gasteiger partial charge in [0, 0.05) is 19.2 Å². The number of primary amides is 1. The molecule has 0 aromatic carbocycles. The summed E-state index contributed by atoms with van der Waals surface area (Å²) < 4.78 is 1.38. The number of rotatable bonds is 7. The van der Waals surface area contributed by atoms with E-state index in [0.717, 1.165) is 6.54 Å². The largest absolute Gasteiger partial charge is 0.368 e. The SMILES string of the molecule is CCNCCC(=O)Nc1cnn(CC(N)=O)c1. The van der Waals surface area contributed by atoms with Gasteiger partial charge in [0.2, 0.25) is 11.8 Å². The van der Waals surface area contributed by atoms with Crippen molar-refractivity contribution in [3.05, 3.63) is 12.4 Å². The van der Waals surface area contributed by atoms with Crippen LogP contribution in [0.1, 0.15) is 13.3 Å². The van der Waals surface area contributed by atoms with E-state index >= 15 is 0 Å². The molecule has 4 N–H and O–H groups in total. The van der Waals surface area contributed by atoms with Crippen molar-refractivity contribution in [2.45, 2.75) is 19.9 Å². The van der Waals surface area contributed by atoms with Crippen LogP contribution in [0.5, 0.6) is 0 Å². The van der Waals surface area contributed by atoms with Crippen molar-refractivity contribution in [3.63, 3.8) is 0 Å². The molecule has 1 aromatic heterocycles. The van der Waals surface area contributed by atoms with Gasteiger partial charge in [-0.25, -0.2) is 0 Å². The number of anilines is 1. The molecule has 0 aliphatic heterocycles. The standard InChI is InChI=1S/C10H17N5O2/c1-2-12-4-3-10(17)14-8-5-13-15(6-8)7-9(11)16/h5-6,12H,2-4,7H2,1H3,(H2,11,16)(H,14,17). The molecule has 0 radical (unpaired) electrons. The van der Waals surface area contributed by atoms with Crippen LogP contribution in [0.2, 0.25) is 0 Å². The average molecular weight is 239 g/mol. The molecule has 94 valence electrons. The molecule has 0 aliphatic rings. The van der Waals surface area contributed by atoms with Crippen LogP contribution in [-0.4, -0.2) is 34.7 Å². The van der Waals surface area contributed by atoms with Gasteiger partial charge in [0.25, 0.3) is 0 Å². The number of carbonyl (C=O) groups is 2. The van der Waals surface area contributed by atoms with Crippen LogP contribution in [0, 0.1) is 0 Å². The van der Waals surface area contributed by atoms with E-state index in [-0.39, 0.29) is 12.5 Å². The van der Waals surface area contributed by atoms with Crippen molar-refractivity contribution in [2.24, 2.45) is 5.73 Å². The Hall–Kier alpha value is -1.89. The van der Waals surface area contributed by atoms with Crippen LogP contribution < -0.4 is 16.4 Å². The summed E-state index contributed by atoms with van der Waals surface area (Å²) in [5.74, 6) is -0.567. The lowest BCUT2D eigenvalue weighted by Gasteiger charge is -2.02. The van der Waals surface area contributed by atoms with Crippen LogP contribution in [0.15, 0.2) is 12.4 Å². The Morgan fingerprint density at radius 1 is 1.53 bits per heavy atom. The Morgan fingerprint density at radius 2 is 2.29 bits per heavy atom. The average Bonchev–Trinajstić information content (AvgIpc) is 2.64. The van der Waals surface area contributed by atoms with Crippen molar-refractivity contribution in [1.29, 1.82) is 0 Å². The molecular formula is C10H17N5O2. The van der Waals surface area contributed by atoms with Crippen LogP contribution in [0.25, 0.3) is 0 Å². The number of nitrogens with one attached hydrogen (secondary N) is 2. The van der Waals surface area contributed by atoms with E-state index in [1.165, 1.54) is 10.9 Å². The number of amides is 2. The Labute approximate surface area is 99.4 Å². The maximum absolute atomic E-state index is 11.4. The van der Waals surface area contributed by atoms with Crippen molar-refractivity contribution in [1.82, 2.24) is 15.1 Å². The summed E-state index contributed by atoms with van der Waals surface area (Å²) in [6, 6.07) is 0. The number of aromatic nitrogens is 2. The quantitative estimate of drug-likeness (QED) is 0.548. The van der Waals surface area contributed by atoms with Crippen LogP contribution >= 0.6 is 0 Å². The van der Waals surface area contributed by atoms with Gasteiger partial charge in [-0.15, -0.1) is 0 Å². The molecule has 0 atom stereocenters. The van der Waals surface area contributed by atoms with Gasteiger partial charge in [-0.3, -0.25) is 14.3 Å². The summed E-state index contributed by atoms with van der Waals surface area (Å²) in [6.45, 7) is 3.46. The fraction of sp³-hybridized carbons (Fsp3) is 0.500. The van der Waals surface area contributed by atoms with E-state index < -0.39 is 5.91 Å². The Morgan fingerprint density at radius 3 is 2.94 bits per heavy atom. The zero-order valence-corrected chi connectivity index (χ0v) is 9.77. The molecule has 0 unspecified atom stereocenters. The summed E-state index contributed by atoms with van der Waals surface area (Å²) in [5.41, 5.74) is 5.58. The molecule has 7 nitrogen and oxygen atoms in total. The van der Waals surface area contributed by atoms with E-state index in [9.17, 15) is 9.59 Å². The predicted octanol–water partition coefficient (Wildman–Crippen LogP) is -0.693. The van der Waals surface area contributed by atoms with Gasteiger partial charge in [0.15, 0.2) is 0 Å². The summed E-state index contributed by atoms with van der Waals surface area (Å²) in [7, 11) is 0. The van der Waals surface area contributed by atoms with Gasteiger partial charge >= 0.3 is 0 Å².